The molecule has 106 valence electrons. The molecule has 0 saturated carbocycles. The van der Waals surface area contributed by atoms with Crippen molar-refractivity contribution in [2.24, 2.45) is 0 Å². The van der Waals surface area contributed by atoms with E-state index in [4.69, 9.17) is 0 Å². The van der Waals surface area contributed by atoms with Crippen LogP contribution >= 0.6 is 11.3 Å². The lowest BCUT2D eigenvalue weighted by molar-refractivity contribution is -0.0825. The van der Waals surface area contributed by atoms with Crippen molar-refractivity contribution in [2.75, 3.05) is 13.1 Å². The van der Waals surface area contributed by atoms with E-state index in [-0.39, 0.29) is 11.5 Å². The lowest BCUT2D eigenvalue weighted by Crippen LogP contribution is -2.63. The van der Waals surface area contributed by atoms with Crippen LogP contribution in [0.2, 0.25) is 0 Å². The number of hydrogen-bond donors (Lipinski definition) is 2. The van der Waals surface area contributed by atoms with Gasteiger partial charge in [-0.1, -0.05) is 6.92 Å². The van der Waals surface area contributed by atoms with E-state index in [2.05, 4.69) is 9.97 Å². The molecule has 0 atom stereocenters. The molecular weight excluding hydrogens is 278 g/mol. The topological polar surface area (TPSA) is 86.3 Å². The maximum atomic E-state index is 12.4. The molecule has 1 aliphatic rings. The highest BCUT2D eigenvalue weighted by Crippen LogP contribution is 2.31. The molecule has 0 bridgehead atoms. The summed E-state index contributed by atoms with van der Waals surface area (Å²) in [7, 11) is 0. The molecule has 2 aromatic rings. The summed E-state index contributed by atoms with van der Waals surface area (Å²) < 4.78 is 0. The molecule has 3 rings (SSSR count). The number of thiophene rings is 1. The Labute approximate surface area is 119 Å². The first-order valence-electron chi connectivity index (χ1n) is 6.43. The Hall–Kier alpha value is -1.73. The highest BCUT2D eigenvalue weighted by atomic mass is 32.1. The smallest absolute Gasteiger partial charge is 0.264 e. The van der Waals surface area contributed by atoms with Gasteiger partial charge in [0.2, 0.25) is 0 Å². The quantitative estimate of drug-likeness (QED) is 0.861. The summed E-state index contributed by atoms with van der Waals surface area (Å²) in [5.41, 5.74) is -0.316. The normalized spacial score (nSPS) is 17.2. The van der Waals surface area contributed by atoms with Crippen molar-refractivity contribution >= 4 is 27.5 Å². The fourth-order valence-corrected chi connectivity index (χ4v) is 3.58. The first kappa shape index (κ1) is 13.3. The first-order valence-corrected chi connectivity index (χ1v) is 7.25. The van der Waals surface area contributed by atoms with E-state index in [9.17, 15) is 14.7 Å². The van der Waals surface area contributed by atoms with Crippen LogP contribution in [0.4, 0.5) is 0 Å². The summed E-state index contributed by atoms with van der Waals surface area (Å²) in [6.45, 7) is 4.35. The number of carbonyl (C=O) groups excluding carboxylic acids is 1. The number of hydrogen-bond acceptors (Lipinski definition) is 5. The van der Waals surface area contributed by atoms with E-state index in [1.807, 2.05) is 6.92 Å². The molecule has 2 aromatic heterocycles. The Morgan fingerprint density at radius 1 is 1.60 bits per heavy atom. The van der Waals surface area contributed by atoms with Crippen LogP contribution in [0.25, 0.3) is 10.2 Å². The third-order valence-electron chi connectivity index (χ3n) is 3.84. The van der Waals surface area contributed by atoms with Crippen LogP contribution in [0.15, 0.2) is 11.1 Å². The number of H-pyrrole nitrogens is 1. The molecule has 1 fully saturated rings. The molecule has 1 aliphatic heterocycles. The van der Waals surface area contributed by atoms with Gasteiger partial charge in [0.05, 0.1) is 35.3 Å². The minimum Gasteiger partial charge on any atom is -0.386 e. The fraction of sp³-hybridized carbons (Fsp3) is 0.462. The molecule has 0 aromatic carbocycles. The van der Waals surface area contributed by atoms with Gasteiger partial charge in [0.25, 0.3) is 11.5 Å². The Bertz CT molecular complexity index is 743. The third-order valence-corrected chi connectivity index (χ3v) is 5.03. The Balaban J connectivity index is 1.96. The predicted octanol–water partition coefficient (Wildman–Crippen LogP) is 0.890. The van der Waals surface area contributed by atoms with Gasteiger partial charge in [-0.3, -0.25) is 9.59 Å². The summed E-state index contributed by atoms with van der Waals surface area (Å²) in [5.74, 6) is -0.136. The van der Waals surface area contributed by atoms with Gasteiger partial charge in [-0.2, -0.15) is 0 Å². The molecule has 2 N–H and O–H groups in total. The Morgan fingerprint density at radius 3 is 2.90 bits per heavy atom. The number of aryl methyl sites for hydroxylation is 1. The number of fused-ring (bicyclic) bond motifs is 1. The molecule has 0 aliphatic carbocycles. The van der Waals surface area contributed by atoms with Crippen LogP contribution in [0, 0.1) is 6.92 Å². The minimum atomic E-state index is -0.754. The Morgan fingerprint density at radius 2 is 2.30 bits per heavy atom. The van der Waals surface area contributed by atoms with Crippen molar-refractivity contribution in [3.8, 4) is 0 Å². The van der Waals surface area contributed by atoms with Crippen LogP contribution in [-0.2, 0) is 0 Å². The van der Waals surface area contributed by atoms with Crippen molar-refractivity contribution < 1.29 is 9.90 Å². The van der Waals surface area contributed by atoms with Crippen LogP contribution in [0.3, 0.4) is 0 Å². The van der Waals surface area contributed by atoms with Gasteiger partial charge >= 0.3 is 0 Å². The maximum absolute atomic E-state index is 12.4. The summed E-state index contributed by atoms with van der Waals surface area (Å²) in [6.07, 6.45) is 1.97. The zero-order valence-corrected chi connectivity index (χ0v) is 12.1. The van der Waals surface area contributed by atoms with Crippen LogP contribution in [0.5, 0.6) is 0 Å². The number of aromatic amines is 1. The van der Waals surface area contributed by atoms with E-state index in [1.165, 1.54) is 17.7 Å². The molecule has 1 saturated heterocycles. The van der Waals surface area contributed by atoms with Crippen molar-refractivity contribution in [1.29, 1.82) is 0 Å². The van der Waals surface area contributed by atoms with Crippen molar-refractivity contribution in [1.82, 2.24) is 14.9 Å². The van der Waals surface area contributed by atoms with Crippen molar-refractivity contribution in [3.63, 3.8) is 0 Å². The average Bonchev–Trinajstić information content (AvgIpc) is 2.73. The molecule has 7 heteroatoms. The molecule has 0 spiro atoms. The van der Waals surface area contributed by atoms with E-state index in [1.54, 1.807) is 11.8 Å². The first-order chi connectivity index (χ1) is 9.45. The van der Waals surface area contributed by atoms with E-state index in [0.717, 1.165) is 0 Å². The van der Waals surface area contributed by atoms with Gasteiger partial charge in [-0.25, -0.2) is 4.98 Å². The monoisotopic (exact) mass is 293 g/mol. The number of likely N-dealkylation sites (tertiary alicyclic amines) is 1. The third kappa shape index (κ3) is 1.85. The lowest BCUT2D eigenvalue weighted by Gasteiger charge is -2.45. The van der Waals surface area contributed by atoms with Gasteiger partial charge in [-0.15, -0.1) is 11.3 Å². The highest BCUT2D eigenvalue weighted by Gasteiger charge is 2.43. The number of aliphatic hydroxyl groups is 1. The zero-order valence-electron chi connectivity index (χ0n) is 11.3. The van der Waals surface area contributed by atoms with Crippen LogP contribution in [-0.4, -0.2) is 44.6 Å². The predicted molar refractivity (Wildman–Crippen MR) is 76.1 cm³/mol. The largest absolute Gasteiger partial charge is 0.386 e. The number of nitrogens with zero attached hydrogens (tertiary/aromatic N) is 2. The van der Waals surface area contributed by atoms with Gasteiger partial charge < -0.3 is 15.0 Å². The molecule has 3 heterocycles. The molecule has 1 amide bonds. The van der Waals surface area contributed by atoms with Crippen molar-refractivity contribution in [2.45, 2.75) is 25.9 Å². The average molecular weight is 293 g/mol. The SMILES string of the molecule is CCC1(O)CN(C(=O)c2sc3nc[nH]c(=O)c3c2C)C1. The number of rotatable bonds is 2. The number of carbonyl (C=O) groups is 1. The summed E-state index contributed by atoms with van der Waals surface area (Å²) in [6, 6.07) is 0. The second-order valence-electron chi connectivity index (χ2n) is 5.21. The molecule has 20 heavy (non-hydrogen) atoms. The maximum Gasteiger partial charge on any atom is 0.264 e. The number of amides is 1. The van der Waals surface area contributed by atoms with E-state index >= 15 is 0 Å². The standard InChI is InChI=1S/C13H15N3O3S/c1-3-13(19)4-16(5-13)12(18)9-7(2)8-10(17)14-6-15-11(8)20-9/h6,19H,3-5H2,1-2H3,(H,14,15,17). The summed E-state index contributed by atoms with van der Waals surface area (Å²) in [5, 5.41) is 10.5. The molecular formula is C13H15N3O3S. The van der Waals surface area contributed by atoms with Crippen LogP contribution < -0.4 is 5.56 Å². The Kier molecular flexibility index (Phi) is 2.91. The second kappa shape index (κ2) is 4.39. The molecule has 6 nitrogen and oxygen atoms in total. The van der Waals surface area contributed by atoms with Gasteiger partial charge in [0, 0.05) is 0 Å². The summed E-state index contributed by atoms with van der Waals surface area (Å²) in [4.78, 5) is 33.5. The van der Waals surface area contributed by atoms with E-state index < -0.39 is 5.60 Å². The lowest BCUT2D eigenvalue weighted by atomic mass is 9.91. The number of aromatic nitrogens is 2. The zero-order chi connectivity index (χ0) is 14.5. The molecule has 0 radical (unpaired) electrons. The minimum absolute atomic E-state index is 0.136. The highest BCUT2D eigenvalue weighted by molar-refractivity contribution is 7.20. The second-order valence-corrected chi connectivity index (χ2v) is 6.21. The van der Waals surface area contributed by atoms with Gasteiger partial charge in [0.15, 0.2) is 0 Å². The number of β-amino-alcohol motifs (C(OH)–C–C–N with tert-alkyl or cyclic N) is 1. The summed E-state index contributed by atoms with van der Waals surface area (Å²) >= 11 is 1.23. The fourth-order valence-electron chi connectivity index (χ4n) is 2.46. The van der Waals surface area contributed by atoms with Gasteiger partial charge in [0.1, 0.15) is 4.83 Å². The van der Waals surface area contributed by atoms with Crippen LogP contribution in [0.1, 0.15) is 28.6 Å². The van der Waals surface area contributed by atoms with E-state index in [0.29, 0.717) is 40.2 Å². The number of nitrogens with one attached hydrogen (secondary N) is 1. The van der Waals surface area contributed by atoms with Crippen molar-refractivity contribution in [3.05, 3.63) is 27.1 Å². The molecule has 0 unspecified atom stereocenters. The van der Waals surface area contributed by atoms with Gasteiger partial charge in [-0.05, 0) is 18.9 Å².